The van der Waals surface area contributed by atoms with E-state index in [2.05, 4.69) is 4.99 Å². The van der Waals surface area contributed by atoms with Gasteiger partial charge in [0.15, 0.2) is 4.80 Å². The molecule has 0 spiro atoms. The van der Waals surface area contributed by atoms with Gasteiger partial charge in [0.25, 0.3) is 5.56 Å². The Morgan fingerprint density at radius 3 is 2.61 bits per heavy atom. The number of benzene rings is 1. The zero-order chi connectivity index (χ0) is 22.0. The van der Waals surface area contributed by atoms with Crippen LogP contribution in [0.3, 0.4) is 0 Å². The maximum Gasteiger partial charge on any atom is 0.338 e. The van der Waals surface area contributed by atoms with Gasteiger partial charge in [-0.1, -0.05) is 29.5 Å². The van der Waals surface area contributed by atoms with Crippen molar-refractivity contribution in [3.8, 4) is 5.75 Å². The lowest BCUT2D eigenvalue weighted by Gasteiger charge is -2.24. The highest BCUT2D eigenvalue weighted by molar-refractivity contribution is 7.11. The zero-order valence-corrected chi connectivity index (χ0v) is 19.1. The Balaban J connectivity index is 1.92. The molecule has 0 saturated heterocycles. The normalized spacial score (nSPS) is 16.1. The lowest BCUT2D eigenvalue weighted by atomic mass is 9.96. The molecule has 3 aromatic rings. The molecule has 1 atom stereocenters. The number of rotatable bonds is 6. The van der Waals surface area contributed by atoms with Crippen molar-refractivity contribution >= 4 is 34.7 Å². The summed E-state index contributed by atoms with van der Waals surface area (Å²) < 4.78 is 13.0. The second kappa shape index (κ2) is 9.03. The summed E-state index contributed by atoms with van der Waals surface area (Å²) >= 11 is 2.89. The second-order valence-corrected chi connectivity index (χ2v) is 8.81. The molecule has 2 aromatic heterocycles. The maximum atomic E-state index is 13.4. The fraction of sp³-hybridized carbons (Fsp3) is 0.261. The Labute approximate surface area is 187 Å². The van der Waals surface area contributed by atoms with Gasteiger partial charge in [0.2, 0.25) is 0 Å². The van der Waals surface area contributed by atoms with Crippen LogP contribution in [0.2, 0.25) is 0 Å². The molecule has 0 fully saturated rings. The molecule has 1 aliphatic heterocycles. The van der Waals surface area contributed by atoms with Crippen LogP contribution in [-0.4, -0.2) is 23.8 Å². The van der Waals surface area contributed by atoms with Crippen molar-refractivity contribution in [2.24, 2.45) is 4.99 Å². The van der Waals surface area contributed by atoms with Crippen LogP contribution < -0.4 is 19.6 Å². The minimum Gasteiger partial charge on any atom is -0.494 e. The third-order valence-electron chi connectivity index (χ3n) is 4.84. The molecule has 31 heavy (non-hydrogen) atoms. The SMILES string of the molecule is CCOC(=O)C1=C(C)N=c2s/c(=C\c3cccs3)c(=O)n2[C@@H]1c1ccc(OCC)cc1. The lowest BCUT2D eigenvalue weighted by Crippen LogP contribution is -2.39. The molecular weight excluding hydrogens is 432 g/mol. The van der Waals surface area contributed by atoms with E-state index >= 15 is 0 Å². The Morgan fingerprint density at radius 1 is 1.19 bits per heavy atom. The van der Waals surface area contributed by atoms with E-state index in [0.717, 1.165) is 16.2 Å². The van der Waals surface area contributed by atoms with Crippen molar-refractivity contribution in [2.45, 2.75) is 26.8 Å². The second-order valence-electron chi connectivity index (χ2n) is 6.82. The molecule has 0 aliphatic carbocycles. The van der Waals surface area contributed by atoms with Crippen LogP contribution in [0.5, 0.6) is 5.75 Å². The molecular formula is C23H22N2O4S2. The topological polar surface area (TPSA) is 69.9 Å². The summed E-state index contributed by atoms with van der Waals surface area (Å²) in [6.07, 6.45) is 1.87. The van der Waals surface area contributed by atoms with Gasteiger partial charge in [-0.2, -0.15) is 0 Å². The number of esters is 1. The summed E-state index contributed by atoms with van der Waals surface area (Å²) in [7, 11) is 0. The Morgan fingerprint density at radius 2 is 1.97 bits per heavy atom. The average Bonchev–Trinajstić information content (AvgIpc) is 3.36. The lowest BCUT2D eigenvalue weighted by molar-refractivity contribution is -0.139. The summed E-state index contributed by atoms with van der Waals surface area (Å²) in [5, 5.41) is 1.97. The number of carbonyl (C=O) groups excluding carboxylic acids is 1. The third-order valence-corrected chi connectivity index (χ3v) is 6.64. The molecule has 0 N–H and O–H groups in total. The average molecular weight is 455 g/mol. The van der Waals surface area contributed by atoms with Gasteiger partial charge in [-0.3, -0.25) is 9.36 Å². The number of hydrogen-bond donors (Lipinski definition) is 0. The molecule has 1 aromatic carbocycles. The largest absolute Gasteiger partial charge is 0.494 e. The monoisotopic (exact) mass is 454 g/mol. The molecule has 160 valence electrons. The van der Waals surface area contributed by atoms with E-state index in [4.69, 9.17) is 9.47 Å². The number of aromatic nitrogens is 1. The molecule has 0 bridgehead atoms. The number of thiophene rings is 1. The first-order chi connectivity index (χ1) is 15.0. The minimum atomic E-state index is -0.614. The summed E-state index contributed by atoms with van der Waals surface area (Å²) in [6.45, 7) is 6.27. The van der Waals surface area contributed by atoms with Gasteiger partial charge in [0, 0.05) is 4.88 Å². The van der Waals surface area contributed by atoms with Crippen LogP contribution >= 0.6 is 22.7 Å². The van der Waals surface area contributed by atoms with Crippen molar-refractivity contribution in [2.75, 3.05) is 13.2 Å². The van der Waals surface area contributed by atoms with Gasteiger partial charge in [-0.25, -0.2) is 9.79 Å². The fourth-order valence-electron chi connectivity index (χ4n) is 3.52. The van der Waals surface area contributed by atoms with E-state index in [1.165, 1.54) is 11.3 Å². The van der Waals surface area contributed by atoms with E-state index in [1.807, 2.05) is 54.8 Å². The highest BCUT2D eigenvalue weighted by Crippen LogP contribution is 2.31. The third kappa shape index (κ3) is 4.13. The van der Waals surface area contributed by atoms with Crippen LogP contribution in [0.25, 0.3) is 6.08 Å². The van der Waals surface area contributed by atoms with E-state index < -0.39 is 12.0 Å². The molecule has 0 saturated carbocycles. The van der Waals surface area contributed by atoms with Crippen LogP contribution in [0.15, 0.2) is 62.8 Å². The molecule has 3 heterocycles. The zero-order valence-electron chi connectivity index (χ0n) is 17.5. The summed E-state index contributed by atoms with van der Waals surface area (Å²) in [6, 6.07) is 10.7. The first-order valence-corrected chi connectivity index (χ1v) is 11.7. The molecule has 8 heteroatoms. The number of ether oxygens (including phenoxy) is 2. The highest BCUT2D eigenvalue weighted by Gasteiger charge is 2.33. The van der Waals surface area contributed by atoms with Crippen molar-refractivity contribution in [3.05, 3.63) is 83.2 Å². The Bertz CT molecular complexity index is 1300. The molecule has 6 nitrogen and oxygen atoms in total. The Hall–Kier alpha value is -2.97. The number of hydrogen-bond acceptors (Lipinski definition) is 7. The van der Waals surface area contributed by atoms with Crippen LogP contribution in [-0.2, 0) is 9.53 Å². The van der Waals surface area contributed by atoms with Crippen LogP contribution in [0.4, 0.5) is 0 Å². The Kier molecular flexibility index (Phi) is 6.20. The van der Waals surface area contributed by atoms with Crippen molar-refractivity contribution < 1.29 is 14.3 Å². The molecule has 0 unspecified atom stereocenters. The van der Waals surface area contributed by atoms with Crippen molar-refractivity contribution in [3.63, 3.8) is 0 Å². The molecule has 1 aliphatic rings. The standard InChI is InChI=1S/C23H22N2O4S2/c1-4-28-16-10-8-15(9-11-16)20-19(22(27)29-5-2)14(3)24-23-25(20)21(26)18(31-23)13-17-7-6-12-30-17/h6-13,20H,4-5H2,1-3H3/b18-13-/t20-/m1/s1. The van der Waals surface area contributed by atoms with Crippen molar-refractivity contribution in [1.29, 1.82) is 0 Å². The number of fused-ring (bicyclic) bond motifs is 1. The summed E-state index contributed by atoms with van der Waals surface area (Å²) in [5.41, 5.74) is 1.55. The molecule has 0 radical (unpaired) electrons. The van der Waals surface area contributed by atoms with Gasteiger partial charge in [-0.15, -0.1) is 11.3 Å². The predicted octanol–water partition coefficient (Wildman–Crippen LogP) is 3.26. The number of allylic oxidation sites excluding steroid dienone is 1. The van der Waals surface area contributed by atoms with Crippen LogP contribution in [0.1, 0.15) is 37.3 Å². The smallest absolute Gasteiger partial charge is 0.338 e. The number of carbonyl (C=O) groups is 1. The van der Waals surface area contributed by atoms with Gasteiger partial charge < -0.3 is 9.47 Å². The van der Waals surface area contributed by atoms with Gasteiger partial charge in [0.05, 0.1) is 35.1 Å². The van der Waals surface area contributed by atoms with Crippen molar-refractivity contribution in [1.82, 2.24) is 4.57 Å². The molecule has 4 rings (SSSR count). The summed E-state index contributed by atoms with van der Waals surface area (Å²) in [4.78, 5) is 32.4. The first-order valence-electron chi connectivity index (χ1n) is 9.99. The maximum absolute atomic E-state index is 13.4. The van der Waals surface area contributed by atoms with Crippen LogP contribution in [0, 0.1) is 0 Å². The quantitative estimate of drug-likeness (QED) is 0.536. The molecule has 0 amide bonds. The summed E-state index contributed by atoms with van der Waals surface area (Å²) in [5.74, 6) is 0.268. The predicted molar refractivity (Wildman–Crippen MR) is 122 cm³/mol. The van der Waals surface area contributed by atoms with Gasteiger partial charge in [0.1, 0.15) is 5.75 Å². The van der Waals surface area contributed by atoms with Gasteiger partial charge >= 0.3 is 5.97 Å². The number of nitrogens with zero attached hydrogens (tertiary/aromatic N) is 2. The fourth-order valence-corrected chi connectivity index (χ4v) is 5.29. The van der Waals surface area contributed by atoms with E-state index in [0.29, 0.717) is 27.2 Å². The highest BCUT2D eigenvalue weighted by atomic mass is 32.1. The van der Waals surface area contributed by atoms with E-state index in [1.54, 1.807) is 29.8 Å². The first kappa shape index (κ1) is 21.3. The number of thiazole rings is 1. The minimum absolute atomic E-state index is 0.176. The van der Waals surface area contributed by atoms with E-state index in [-0.39, 0.29) is 12.2 Å². The van der Waals surface area contributed by atoms with E-state index in [9.17, 15) is 9.59 Å². The van der Waals surface area contributed by atoms with Gasteiger partial charge in [-0.05, 0) is 56.0 Å².